The normalized spacial score (nSPS) is 16.3. The average Bonchev–Trinajstić information content (AvgIpc) is 2.81. The average molecular weight is 424 g/mol. The summed E-state index contributed by atoms with van der Waals surface area (Å²) in [5, 5.41) is 6.03. The van der Waals surface area contributed by atoms with Crippen LogP contribution in [-0.2, 0) is 20.7 Å². The lowest BCUT2D eigenvalue weighted by Crippen LogP contribution is -2.50. The second-order valence-electron chi connectivity index (χ2n) is 7.87. The lowest BCUT2D eigenvalue weighted by atomic mass is 9.94. The largest absolute Gasteiger partial charge is 0.379 e. The molecule has 2 amide bonds. The quantitative estimate of drug-likeness (QED) is 0.616. The van der Waals surface area contributed by atoms with Crippen LogP contribution in [0, 0.1) is 0 Å². The minimum Gasteiger partial charge on any atom is -0.379 e. The van der Waals surface area contributed by atoms with Crippen LogP contribution in [0.4, 0.5) is 0 Å². The third kappa shape index (κ3) is 7.19. The maximum Gasteiger partial charge on any atom is 0.242 e. The Hall–Kier alpha value is -2.70. The van der Waals surface area contributed by atoms with Crippen molar-refractivity contribution < 1.29 is 14.3 Å². The third-order valence-corrected chi connectivity index (χ3v) is 5.67. The van der Waals surface area contributed by atoms with Gasteiger partial charge in [0.2, 0.25) is 11.8 Å². The summed E-state index contributed by atoms with van der Waals surface area (Å²) in [6.07, 6.45) is 1.13. The van der Waals surface area contributed by atoms with Crippen LogP contribution in [0.3, 0.4) is 0 Å². The van der Waals surface area contributed by atoms with E-state index in [1.165, 1.54) is 0 Å². The Bertz CT molecular complexity index is 807. The lowest BCUT2D eigenvalue weighted by Gasteiger charge is -2.27. The monoisotopic (exact) mass is 423 g/mol. The van der Waals surface area contributed by atoms with Crippen molar-refractivity contribution in [2.45, 2.75) is 31.7 Å². The Labute approximate surface area is 185 Å². The summed E-state index contributed by atoms with van der Waals surface area (Å²) in [7, 11) is 0. The number of hydrogen-bond acceptors (Lipinski definition) is 4. The van der Waals surface area contributed by atoms with Crippen molar-refractivity contribution in [2.24, 2.45) is 0 Å². The van der Waals surface area contributed by atoms with E-state index < -0.39 is 6.04 Å². The molecule has 0 radical (unpaired) electrons. The smallest absolute Gasteiger partial charge is 0.242 e. The van der Waals surface area contributed by atoms with Crippen molar-refractivity contribution in [3.63, 3.8) is 0 Å². The van der Waals surface area contributed by atoms with Crippen molar-refractivity contribution in [1.82, 2.24) is 15.5 Å². The molecule has 0 bridgehead atoms. The second-order valence-corrected chi connectivity index (χ2v) is 7.87. The standard InChI is InChI=1S/C25H33N3O3/c1-2-22(21-11-7-4-8-12-21)24(29)27-23(19-20-9-5-3-6-10-20)25(30)26-13-14-28-15-17-31-18-16-28/h3-12,22-23H,2,13-19H2,1H3,(H,26,30)(H,27,29). The maximum absolute atomic E-state index is 13.1. The van der Waals surface area contributed by atoms with E-state index in [9.17, 15) is 9.59 Å². The van der Waals surface area contributed by atoms with Gasteiger partial charge in [0.25, 0.3) is 0 Å². The fraction of sp³-hybridized carbons (Fsp3) is 0.440. The fourth-order valence-corrected chi connectivity index (χ4v) is 3.87. The van der Waals surface area contributed by atoms with Gasteiger partial charge in [0, 0.05) is 32.6 Å². The topological polar surface area (TPSA) is 70.7 Å². The molecule has 2 N–H and O–H groups in total. The highest BCUT2D eigenvalue weighted by molar-refractivity contribution is 5.90. The number of ether oxygens (including phenoxy) is 1. The van der Waals surface area contributed by atoms with Crippen molar-refractivity contribution in [3.05, 3.63) is 71.8 Å². The molecule has 1 fully saturated rings. The molecule has 2 aromatic carbocycles. The van der Waals surface area contributed by atoms with Gasteiger partial charge in [-0.15, -0.1) is 0 Å². The van der Waals surface area contributed by atoms with Gasteiger partial charge in [-0.3, -0.25) is 14.5 Å². The molecule has 0 saturated carbocycles. The summed E-state index contributed by atoms with van der Waals surface area (Å²) in [6.45, 7) is 6.56. The molecular formula is C25H33N3O3. The maximum atomic E-state index is 13.1. The van der Waals surface area contributed by atoms with E-state index in [1.807, 2.05) is 67.6 Å². The zero-order valence-electron chi connectivity index (χ0n) is 18.3. The number of rotatable bonds is 10. The molecule has 1 heterocycles. The van der Waals surface area contributed by atoms with Gasteiger partial charge in [-0.25, -0.2) is 0 Å². The van der Waals surface area contributed by atoms with Crippen molar-refractivity contribution in [1.29, 1.82) is 0 Å². The summed E-state index contributed by atoms with van der Waals surface area (Å²) in [6, 6.07) is 18.9. The fourth-order valence-electron chi connectivity index (χ4n) is 3.87. The summed E-state index contributed by atoms with van der Waals surface area (Å²) < 4.78 is 5.37. The van der Waals surface area contributed by atoms with Crippen LogP contribution in [0.1, 0.15) is 30.4 Å². The molecule has 1 aliphatic rings. The van der Waals surface area contributed by atoms with Crippen LogP contribution in [0.15, 0.2) is 60.7 Å². The first kappa shape index (κ1) is 23.0. The number of amides is 2. The molecule has 2 atom stereocenters. The van der Waals surface area contributed by atoms with Crippen LogP contribution in [0.25, 0.3) is 0 Å². The first-order valence-corrected chi connectivity index (χ1v) is 11.1. The Morgan fingerprint density at radius 2 is 1.61 bits per heavy atom. The first-order valence-electron chi connectivity index (χ1n) is 11.1. The van der Waals surface area contributed by atoms with Gasteiger partial charge >= 0.3 is 0 Å². The van der Waals surface area contributed by atoms with Gasteiger partial charge in [-0.2, -0.15) is 0 Å². The zero-order valence-corrected chi connectivity index (χ0v) is 18.3. The van der Waals surface area contributed by atoms with E-state index in [0.717, 1.165) is 44.0 Å². The predicted molar refractivity (Wildman–Crippen MR) is 122 cm³/mol. The van der Waals surface area contributed by atoms with Crippen molar-refractivity contribution in [3.8, 4) is 0 Å². The van der Waals surface area contributed by atoms with Crippen LogP contribution >= 0.6 is 0 Å². The van der Waals surface area contributed by atoms with E-state index in [4.69, 9.17) is 4.74 Å². The first-order chi connectivity index (χ1) is 15.2. The zero-order chi connectivity index (χ0) is 21.9. The molecule has 0 aliphatic carbocycles. The van der Waals surface area contributed by atoms with Crippen LogP contribution in [0.2, 0.25) is 0 Å². The summed E-state index contributed by atoms with van der Waals surface area (Å²) in [5.74, 6) is -0.535. The molecule has 1 saturated heterocycles. The van der Waals surface area contributed by atoms with Crippen molar-refractivity contribution in [2.75, 3.05) is 39.4 Å². The van der Waals surface area contributed by atoms with E-state index in [1.54, 1.807) is 0 Å². The lowest BCUT2D eigenvalue weighted by molar-refractivity contribution is -0.129. The molecule has 2 aromatic rings. The van der Waals surface area contributed by atoms with Gasteiger partial charge in [-0.05, 0) is 17.5 Å². The summed E-state index contributed by atoms with van der Waals surface area (Å²) in [4.78, 5) is 28.4. The number of carbonyl (C=O) groups is 2. The van der Waals surface area contributed by atoms with Gasteiger partial charge in [0.1, 0.15) is 6.04 Å². The molecule has 166 valence electrons. The van der Waals surface area contributed by atoms with E-state index in [0.29, 0.717) is 19.4 Å². The second kappa shape index (κ2) is 12.2. The third-order valence-electron chi connectivity index (χ3n) is 5.67. The Morgan fingerprint density at radius 3 is 2.26 bits per heavy atom. The molecule has 6 heteroatoms. The van der Waals surface area contributed by atoms with Gasteiger partial charge in [-0.1, -0.05) is 67.6 Å². The van der Waals surface area contributed by atoms with Gasteiger partial charge < -0.3 is 15.4 Å². The molecule has 6 nitrogen and oxygen atoms in total. The molecule has 0 spiro atoms. The van der Waals surface area contributed by atoms with E-state index >= 15 is 0 Å². The number of hydrogen-bond donors (Lipinski definition) is 2. The molecular weight excluding hydrogens is 390 g/mol. The Morgan fingerprint density at radius 1 is 0.968 bits per heavy atom. The van der Waals surface area contributed by atoms with Crippen LogP contribution in [-0.4, -0.2) is 62.1 Å². The molecule has 1 aliphatic heterocycles. The van der Waals surface area contributed by atoms with Crippen molar-refractivity contribution >= 4 is 11.8 Å². The molecule has 3 rings (SSSR count). The Kier molecular flexibility index (Phi) is 9.06. The highest BCUT2D eigenvalue weighted by Crippen LogP contribution is 2.19. The van der Waals surface area contributed by atoms with E-state index in [-0.39, 0.29) is 17.7 Å². The SMILES string of the molecule is CCC(C(=O)NC(Cc1ccccc1)C(=O)NCCN1CCOCC1)c1ccccc1. The number of benzene rings is 2. The minimum absolute atomic E-state index is 0.113. The van der Waals surface area contributed by atoms with Gasteiger partial charge in [0.05, 0.1) is 19.1 Å². The molecule has 0 aromatic heterocycles. The van der Waals surface area contributed by atoms with Crippen LogP contribution < -0.4 is 10.6 Å². The molecule has 2 unspecified atom stereocenters. The number of morpholine rings is 1. The highest BCUT2D eigenvalue weighted by atomic mass is 16.5. The number of carbonyl (C=O) groups excluding carboxylic acids is 2. The molecule has 31 heavy (non-hydrogen) atoms. The highest BCUT2D eigenvalue weighted by Gasteiger charge is 2.26. The van der Waals surface area contributed by atoms with Crippen LogP contribution in [0.5, 0.6) is 0 Å². The summed E-state index contributed by atoms with van der Waals surface area (Å²) >= 11 is 0. The predicted octanol–water partition coefficient (Wildman–Crippen LogP) is 2.36. The van der Waals surface area contributed by atoms with Gasteiger partial charge in [0.15, 0.2) is 0 Å². The number of nitrogens with one attached hydrogen (secondary N) is 2. The number of nitrogens with zero attached hydrogens (tertiary/aromatic N) is 1. The Balaban J connectivity index is 1.63. The summed E-state index contributed by atoms with van der Waals surface area (Å²) in [5.41, 5.74) is 1.98. The minimum atomic E-state index is -0.614. The van der Waals surface area contributed by atoms with E-state index in [2.05, 4.69) is 15.5 Å².